The lowest BCUT2D eigenvalue weighted by Gasteiger charge is -2.08. The molecular weight excluding hydrogens is 322 g/mol. The van der Waals surface area contributed by atoms with Gasteiger partial charge < -0.3 is 9.88 Å². The molecule has 0 bridgehead atoms. The third-order valence-electron chi connectivity index (χ3n) is 4.39. The number of carbonyl (C=O) groups is 1. The molecule has 25 heavy (non-hydrogen) atoms. The number of aryl methyl sites for hydroxylation is 2. The summed E-state index contributed by atoms with van der Waals surface area (Å²) in [5.41, 5.74) is -0.0911. The first kappa shape index (κ1) is 17.1. The lowest BCUT2D eigenvalue weighted by atomic mass is 10.1. The van der Waals surface area contributed by atoms with Gasteiger partial charge in [-0.2, -0.15) is 0 Å². The average Bonchev–Trinajstić information content (AvgIpc) is 2.85. The third-order valence-corrected chi connectivity index (χ3v) is 4.39. The predicted molar refractivity (Wildman–Crippen MR) is 91.3 cm³/mol. The van der Waals surface area contributed by atoms with E-state index in [2.05, 4.69) is 20.1 Å². The molecule has 0 unspecified atom stereocenters. The zero-order valence-electron chi connectivity index (χ0n) is 14.0. The van der Waals surface area contributed by atoms with Crippen LogP contribution in [0.5, 0.6) is 0 Å². The van der Waals surface area contributed by atoms with Gasteiger partial charge in [0.15, 0.2) is 0 Å². The SMILES string of the molecule is O=C(NCCCc1nnc2n1CCCCC2)c1ccccc1[N+](=O)[O-]. The van der Waals surface area contributed by atoms with E-state index >= 15 is 0 Å². The van der Waals surface area contributed by atoms with Crippen LogP contribution >= 0.6 is 0 Å². The molecule has 0 saturated carbocycles. The fraction of sp³-hybridized carbons (Fsp3) is 0.471. The highest BCUT2D eigenvalue weighted by Gasteiger charge is 2.19. The zero-order chi connectivity index (χ0) is 17.6. The number of nitro groups is 1. The fourth-order valence-corrected chi connectivity index (χ4v) is 3.10. The van der Waals surface area contributed by atoms with Crippen molar-refractivity contribution in [2.45, 2.75) is 45.1 Å². The van der Waals surface area contributed by atoms with Crippen LogP contribution in [0.3, 0.4) is 0 Å². The second-order valence-corrected chi connectivity index (χ2v) is 6.13. The molecule has 1 aliphatic heterocycles. The quantitative estimate of drug-likeness (QED) is 0.492. The molecule has 2 aromatic rings. The molecule has 0 radical (unpaired) electrons. The number of fused-ring (bicyclic) bond motifs is 1. The monoisotopic (exact) mass is 343 g/mol. The van der Waals surface area contributed by atoms with Gasteiger partial charge in [0.2, 0.25) is 0 Å². The van der Waals surface area contributed by atoms with Crippen molar-refractivity contribution >= 4 is 11.6 Å². The standard InChI is InChI=1S/C17H21N5O3/c23-17(13-7-3-4-8-14(13)22(24)25)18-11-6-10-16-20-19-15-9-2-1-5-12-21(15)16/h3-4,7-8H,1-2,5-6,9-12H2,(H,18,23). The van der Waals surface area contributed by atoms with Crippen LogP contribution in [0.1, 0.15) is 47.7 Å². The van der Waals surface area contributed by atoms with E-state index < -0.39 is 10.8 Å². The van der Waals surface area contributed by atoms with Gasteiger partial charge in [-0.3, -0.25) is 14.9 Å². The highest BCUT2D eigenvalue weighted by molar-refractivity contribution is 5.98. The molecule has 0 saturated heterocycles. The molecule has 1 aromatic heterocycles. The maximum absolute atomic E-state index is 12.2. The van der Waals surface area contributed by atoms with Crippen LogP contribution in [0.25, 0.3) is 0 Å². The fourth-order valence-electron chi connectivity index (χ4n) is 3.10. The molecule has 0 spiro atoms. The van der Waals surface area contributed by atoms with Gasteiger partial charge in [0.1, 0.15) is 17.2 Å². The second kappa shape index (κ2) is 7.87. The maximum Gasteiger partial charge on any atom is 0.282 e. The molecule has 2 heterocycles. The lowest BCUT2D eigenvalue weighted by Crippen LogP contribution is -2.25. The van der Waals surface area contributed by atoms with E-state index in [0.29, 0.717) is 13.0 Å². The van der Waals surface area contributed by atoms with Crippen molar-refractivity contribution in [2.75, 3.05) is 6.54 Å². The van der Waals surface area contributed by atoms with Crippen molar-refractivity contribution in [2.24, 2.45) is 0 Å². The number of benzene rings is 1. The number of aromatic nitrogens is 3. The molecule has 1 N–H and O–H groups in total. The summed E-state index contributed by atoms with van der Waals surface area (Å²) < 4.78 is 2.19. The van der Waals surface area contributed by atoms with E-state index in [9.17, 15) is 14.9 Å². The second-order valence-electron chi connectivity index (χ2n) is 6.13. The molecule has 8 heteroatoms. The van der Waals surface area contributed by atoms with E-state index in [4.69, 9.17) is 0 Å². The molecular formula is C17H21N5O3. The summed E-state index contributed by atoms with van der Waals surface area (Å²) in [7, 11) is 0. The number of nitro benzene ring substituents is 1. The molecule has 0 atom stereocenters. The van der Waals surface area contributed by atoms with Crippen LogP contribution in [0.15, 0.2) is 24.3 Å². The summed E-state index contributed by atoms with van der Waals surface area (Å²) in [4.78, 5) is 22.6. The minimum atomic E-state index is -0.541. The molecule has 1 aromatic carbocycles. The summed E-state index contributed by atoms with van der Waals surface area (Å²) in [6.45, 7) is 1.40. The molecule has 8 nitrogen and oxygen atoms in total. The summed E-state index contributed by atoms with van der Waals surface area (Å²) in [5, 5.41) is 22.3. The van der Waals surface area contributed by atoms with Crippen molar-refractivity contribution < 1.29 is 9.72 Å². The average molecular weight is 343 g/mol. The largest absolute Gasteiger partial charge is 0.352 e. The van der Waals surface area contributed by atoms with Crippen LogP contribution in [0.2, 0.25) is 0 Å². The Morgan fingerprint density at radius 1 is 1.24 bits per heavy atom. The predicted octanol–water partition coefficient (Wildman–Crippen LogP) is 2.28. The Bertz CT molecular complexity index is 771. The van der Waals surface area contributed by atoms with Crippen molar-refractivity contribution in [1.29, 1.82) is 0 Å². The van der Waals surface area contributed by atoms with Gasteiger partial charge in [0.05, 0.1) is 4.92 Å². The van der Waals surface area contributed by atoms with E-state index in [0.717, 1.165) is 43.9 Å². The van der Waals surface area contributed by atoms with Gasteiger partial charge in [-0.25, -0.2) is 0 Å². The number of hydrogen-bond donors (Lipinski definition) is 1. The molecule has 1 amide bonds. The minimum absolute atomic E-state index is 0.0869. The number of carbonyl (C=O) groups excluding carboxylic acids is 1. The van der Waals surface area contributed by atoms with Gasteiger partial charge in [0, 0.05) is 32.0 Å². The maximum atomic E-state index is 12.2. The molecule has 132 valence electrons. The Hall–Kier alpha value is -2.77. The molecule has 3 rings (SSSR count). The summed E-state index contributed by atoms with van der Waals surface area (Å²) in [6.07, 6.45) is 5.93. The number of hydrogen-bond acceptors (Lipinski definition) is 5. The molecule has 1 aliphatic rings. The lowest BCUT2D eigenvalue weighted by molar-refractivity contribution is -0.385. The first-order valence-corrected chi connectivity index (χ1v) is 8.59. The topological polar surface area (TPSA) is 103 Å². The normalized spacial score (nSPS) is 13.8. The summed E-state index contributed by atoms with van der Waals surface area (Å²) in [6, 6.07) is 5.96. The van der Waals surface area contributed by atoms with Crippen molar-refractivity contribution in [3.8, 4) is 0 Å². The smallest absolute Gasteiger partial charge is 0.282 e. The first-order valence-electron chi connectivity index (χ1n) is 8.59. The first-order chi connectivity index (χ1) is 12.2. The Morgan fingerprint density at radius 3 is 2.92 bits per heavy atom. The van der Waals surface area contributed by atoms with Gasteiger partial charge in [0.25, 0.3) is 11.6 Å². The van der Waals surface area contributed by atoms with E-state index in [1.54, 1.807) is 12.1 Å². The number of nitrogens with one attached hydrogen (secondary N) is 1. The van der Waals surface area contributed by atoms with E-state index in [1.165, 1.54) is 18.6 Å². The van der Waals surface area contributed by atoms with Crippen LogP contribution in [0, 0.1) is 10.1 Å². The summed E-state index contributed by atoms with van der Waals surface area (Å²) >= 11 is 0. The molecule has 0 aliphatic carbocycles. The Kier molecular flexibility index (Phi) is 5.37. The number of nitrogens with zero attached hydrogens (tertiary/aromatic N) is 4. The van der Waals surface area contributed by atoms with Crippen molar-refractivity contribution in [3.63, 3.8) is 0 Å². The van der Waals surface area contributed by atoms with Crippen LogP contribution in [0.4, 0.5) is 5.69 Å². The molecule has 0 fully saturated rings. The number of amides is 1. The Morgan fingerprint density at radius 2 is 2.08 bits per heavy atom. The number of rotatable bonds is 6. The number of para-hydroxylation sites is 1. The van der Waals surface area contributed by atoms with Gasteiger partial charge in [-0.1, -0.05) is 18.6 Å². The Labute approximate surface area is 145 Å². The highest BCUT2D eigenvalue weighted by atomic mass is 16.6. The third kappa shape index (κ3) is 4.01. The minimum Gasteiger partial charge on any atom is -0.352 e. The van der Waals surface area contributed by atoms with Crippen LogP contribution in [-0.2, 0) is 19.4 Å². The van der Waals surface area contributed by atoms with Crippen LogP contribution in [-0.4, -0.2) is 32.1 Å². The van der Waals surface area contributed by atoms with Gasteiger partial charge in [-0.15, -0.1) is 10.2 Å². The van der Waals surface area contributed by atoms with E-state index in [-0.39, 0.29) is 11.3 Å². The Balaban J connectivity index is 1.53. The van der Waals surface area contributed by atoms with E-state index in [1.807, 2.05) is 0 Å². The van der Waals surface area contributed by atoms with Gasteiger partial charge in [-0.05, 0) is 25.3 Å². The zero-order valence-corrected chi connectivity index (χ0v) is 14.0. The van der Waals surface area contributed by atoms with Gasteiger partial charge >= 0.3 is 0 Å². The highest BCUT2D eigenvalue weighted by Crippen LogP contribution is 2.17. The van der Waals surface area contributed by atoms with Crippen molar-refractivity contribution in [3.05, 3.63) is 51.6 Å². The summed E-state index contributed by atoms with van der Waals surface area (Å²) in [5.74, 6) is 1.58. The van der Waals surface area contributed by atoms with Crippen LogP contribution < -0.4 is 5.32 Å². The van der Waals surface area contributed by atoms with Crippen molar-refractivity contribution in [1.82, 2.24) is 20.1 Å².